The number of hydrogen-bond donors (Lipinski definition) is 1. The number of nitrogens with zero attached hydrogens (tertiary/aromatic N) is 4. The molecule has 2 aromatic heterocycles. The van der Waals surface area contributed by atoms with Crippen molar-refractivity contribution >= 4 is 11.6 Å². The van der Waals surface area contributed by atoms with Gasteiger partial charge in [0.25, 0.3) is 0 Å². The first kappa shape index (κ1) is 18.1. The first-order valence-corrected chi connectivity index (χ1v) is 10.2. The largest absolute Gasteiger partial charge is 0.323 e. The van der Waals surface area contributed by atoms with E-state index < -0.39 is 0 Å². The molecule has 0 bridgehead atoms. The predicted octanol–water partition coefficient (Wildman–Crippen LogP) is 4.46. The molecule has 5 nitrogen and oxygen atoms in total. The lowest BCUT2D eigenvalue weighted by Crippen LogP contribution is -2.37. The van der Waals surface area contributed by atoms with Crippen molar-refractivity contribution in [2.75, 3.05) is 25.0 Å². The number of aromatic nitrogens is 3. The lowest BCUT2D eigenvalue weighted by atomic mass is 9.90. The van der Waals surface area contributed by atoms with Crippen molar-refractivity contribution in [1.82, 2.24) is 19.9 Å². The van der Waals surface area contributed by atoms with E-state index in [0.717, 1.165) is 28.8 Å². The van der Waals surface area contributed by atoms with Gasteiger partial charge in [-0.25, -0.2) is 9.97 Å². The van der Waals surface area contributed by atoms with Gasteiger partial charge in [0.05, 0.1) is 11.9 Å². The summed E-state index contributed by atoms with van der Waals surface area (Å²) in [6.07, 6.45) is 16.4. The molecule has 0 aromatic carbocycles. The summed E-state index contributed by atoms with van der Waals surface area (Å²) in [5.74, 6) is 2.98. The second kappa shape index (κ2) is 8.61. The summed E-state index contributed by atoms with van der Waals surface area (Å²) in [6, 6.07) is 3.99. The highest BCUT2D eigenvalue weighted by Crippen LogP contribution is 2.29. The van der Waals surface area contributed by atoms with Crippen LogP contribution in [0.4, 0.5) is 11.6 Å². The lowest BCUT2D eigenvalue weighted by Gasteiger charge is -2.34. The van der Waals surface area contributed by atoms with E-state index in [9.17, 15) is 0 Å². The summed E-state index contributed by atoms with van der Waals surface area (Å²) < 4.78 is 0. The maximum Gasteiger partial charge on any atom is 0.150 e. The number of allylic oxidation sites excluding steroid dienone is 2. The zero-order valence-corrected chi connectivity index (χ0v) is 16.1. The summed E-state index contributed by atoms with van der Waals surface area (Å²) in [5.41, 5.74) is 2.21. The van der Waals surface area contributed by atoms with Crippen LogP contribution in [-0.2, 0) is 0 Å². The second-order valence-electron chi connectivity index (χ2n) is 7.85. The highest BCUT2D eigenvalue weighted by atomic mass is 15.1. The molecule has 3 heterocycles. The maximum absolute atomic E-state index is 4.83. The molecule has 1 saturated heterocycles. The normalized spacial score (nSPS) is 21.3. The fourth-order valence-corrected chi connectivity index (χ4v) is 4.17. The van der Waals surface area contributed by atoms with Crippen molar-refractivity contribution in [3.8, 4) is 0 Å². The minimum Gasteiger partial charge on any atom is -0.323 e. The summed E-state index contributed by atoms with van der Waals surface area (Å²) in [6.45, 7) is 5.64. The van der Waals surface area contributed by atoms with Gasteiger partial charge in [-0.2, -0.15) is 0 Å². The molecule has 1 atom stereocenters. The monoisotopic (exact) mass is 363 g/mol. The van der Waals surface area contributed by atoms with E-state index in [0.29, 0.717) is 5.92 Å². The summed E-state index contributed by atoms with van der Waals surface area (Å²) in [5, 5.41) is 3.31. The number of anilines is 2. The highest BCUT2D eigenvalue weighted by molar-refractivity contribution is 5.54. The molecule has 142 valence electrons. The molecule has 1 unspecified atom stereocenters. The van der Waals surface area contributed by atoms with Crippen molar-refractivity contribution in [3.05, 3.63) is 54.1 Å². The smallest absolute Gasteiger partial charge is 0.150 e. The van der Waals surface area contributed by atoms with Gasteiger partial charge in [-0.3, -0.25) is 4.98 Å². The van der Waals surface area contributed by atoms with E-state index in [-0.39, 0.29) is 0 Å². The van der Waals surface area contributed by atoms with E-state index in [1.165, 1.54) is 51.7 Å². The Labute approximate surface area is 162 Å². The van der Waals surface area contributed by atoms with Gasteiger partial charge in [0.1, 0.15) is 11.6 Å². The van der Waals surface area contributed by atoms with Crippen LogP contribution in [0, 0.1) is 12.8 Å². The fraction of sp³-hybridized carbons (Fsp3) is 0.500. The molecule has 0 spiro atoms. The van der Waals surface area contributed by atoms with Crippen LogP contribution in [0.15, 0.2) is 42.9 Å². The molecule has 4 rings (SSSR count). The van der Waals surface area contributed by atoms with Gasteiger partial charge in [0, 0.05) is 24.9 Å². The maximum atomic E-state index is 4.83. The van der Waals surface area contributed by atoms with Crippen molar-refractivity contribution in [3.63, 3.8) is 0 Å². The average molecular weight is 364 g/mol. The Morgan fingerprint density at radius 2 is 2.04 bits per heavy atom. The predicted molar refractivity (Wildman–Crippen MR) is 109 cm³/mol. The quantitative estimate of drug-likeness (QED) is 0.795. The van der Waals surface area contributed by atoms with Crippen LogP contribution >= 0.6 is 0 Å². The lowest BCUT2D eigenvalue weighted by molar-refractivity contribution is 0.176. The second-order valence-corrected chi connectivity index (χ2v) is 7.85. The third kappa shape index (κ3) is 4.72. The highest BCUT2D eigenvalue weighted by Gasteiger charge is 2.24. The van der Waals surface area contributed by atoms with Crippen molar-refractivity contribution in [2.24, 2.45) is 5.92 Å². The number of hydrogen-bond acceptors (Lipinski definition) is 5. The minimum absolute atomic E-state index is 0.506. The third-order valence-electron chi connectivity index (χ3n) is 5.81. The first-order chi connectivity index (χ1) is 13.3. The molecule has 1 N–H and O–H groups in total. The van der Waals surface area contributed by atoms with Gasteiger partial charge in [-0.1, -0.05) is 18.2 Å². The number of piperidine rings is 1. The number of aryl methyl sites for hydroxylation is 1. The Balaban J connectivity index is 1.34. The number of likely N-dealkylation sites (tertiary alicyclic amines) is 1. The standard InChI is InChI=1S/C22H29N5/c1-17-6-5-11-24-22(17)26-21-15-23-14-20(25-21)19-9-12-27(13-10-19)16-18-7-3-2-4-8-18/h2-3,5-6,11,14-15,18-19H,4,7-10,12-13,16H2,1H3,(H,24,25,26). The van der Waals surface area contributed by atoms with E-state index >= 15 is 0 Å². The van der Waals surface area contributed by atoms with Gasteiger partial charge < -0.3 is 10.2 Å². The Morgan fingerprint density at radius 3 is 2.81 bits per heavy atom. The minimum atomic E-state index is 0.506. The van der Waals surface area contributed by atoms with Crippen molar-refractivity contribution in [1.29, 1.82) is 0 Å². The first-order valence-electron chi connectivity index (χ1n) is 10.2. The Hall–Kier alpha value is -2.27. The molecule has 2 aromatic rings. The van der Waals surface area contributed by atoms with Gasteiger partial charge in [-0.15, -0.1) is 0 Å². The molecule has 0 radical (unpaired) electrons. The van der Waals surface area contributed by atoms with Crippen molar-refractivity contribution < 1.29 is 0 Å². The molecule has 5 heteroatoms. The molecule has 2 aliphatic rings. The Bertz CT molecular complexity index is 780. The van der Waals surface area contributed by atoms with Gasteiger partial charge in [0.15, 0.2) is 0 Å². The van der Waals surface area contributed by atoms with Crippen LogP contribution in [0.3, 0.4) is 0 Å². The number of rotatable bonds is 5. The van der Waals surface area contributed by atoms with E-state index in [1.807, 2.05) is 25.3 Å². The fourth-order valence-electron chi connectivity index (χ4n) is 4.17. The van der Waals surface area contributed by atoms with E-state index in [4.69, 9.17) is 4.98 Å². The molecule has 1 aliphatic heterocycles. The molecular formula is C22H29N5. The molecule has 0 amide bonds. The van der Waals surface area contributed by atoms with Gasteiger partial charge in [0.2, 0.25) is 0 Å². The van der Waals surface area contributed by atoms with Crippen LogP contribution in [0.25, 0.3) is 0 Å². The van der Waals surface area contributed by atoms with Gasteiger partial charge in [-0.05, 0) is 69.7 Å². The zero-order valence-electron chi connectivity index (χ0n) is 16.1. The molecule has 0 saturated carbocycles. The van der Waals surface area contributed by atoms with E-state index in [1.54, 1.807) is 12.4 Å². The van der Waals surface area contributed by atoms with E-state index in [2.05, 4.69) is 32.3 Å². The molecular weight excluding hydrogens is 334 g/mol. The van der Waals surface area contributed by atoms with Crippen LogP contribution < -0.4 is 5.32 Å². The molecule has 27 heavy (non-hydrogen) atoms. The zero-order chi connectivity index (χ0) is 18.5. The number of pyridine rings is 1. The Morgan fingerprint density at radius 1 is 1.15 bits per heavy atom. The van der Waals surface area contributed by atoms with Crippen LogP contribution in [0.2, 0.25) is 0 Å². The van der Waals surface area contributed by atoms with Crippen LogP contribution in [-0.4, -0.2) is 39.5 Å². The summed E-state index contributed by atoms with van der Waals surface area (Å²) >= 11 is 0. The Kier molecular flexibility index (Phi) is 5.78. The summed E-state index contributed by atoms with van der Waals surface area (Å²) in [7, 11) is 0. The molecule has 1 aliphatic carbocycles. The summed E-state index contributed by atoms with van der Waals surface area (Å²) in [4.78, 5) is 16.3. The SMILES string of the molecule is Cc1cccnc1Nc1cncc(C2CCN(CC3CC=CCC3)CC2)n1. The van der Waals surface area contributed by atoms with Crippen molar-refractivity contribution in [2.45, 2.75) is 44.9 Å². The average Bonchev–Trinajstić information content (AvgIpc) is 2.71. The van der Waals surface area contributed by atoms with Crippen LogP contribution in [0.1, 0.15) is 49.3 Å². The topological polar surface area (TPSA) is 53.9 Å². The van der Waals surface area contributed by atoms with Gasteiger partial charge >= 0.3 is 0 Å². The number of nitrogens with one attached hydrogen (secondary N) is 1. The van der Waals surface area contributed by atoms with Crippen LogP contribution in [0.5, 0.6) is 0 Å². The molecule has 1 fully saturated rings. The third-order valence-corrected chi connectivity index (χ3v) is 5.81.